The molecule has 0 aromatic heterocycles. The molecule has 1 heterocycles. The van der Waals surface area contributed by atoms with E-state index in [0.29, 0.717) is 19.0 Å². The zero-order chi connectivity index (χ0) is 22.0. The number of hydrogen-bond donors (Lipinski definition) is 3. The molecule has 1 aliphatic heterocycles. The largest absolute Gasteiger partial charge is 0.444 e. The van der Waals surface area contributed by atoms with Crippen molar-refractivity contribution >= 4 is 12.1 Å². The summed E-state index contributed by atoms with van der Waals surface area (Å²) in [6, 6.07) is 8.84. The van der Waals surface area contributed by atoms with Gasteiger partial charge in [0.15, 0.2) is 5.96 Å². The monoisotopic (exact) mass is 417 g/mol. The predicted octanol–water partition coefficient (Wildman–Crippen LogP) is 2.90. The summed E-state index contributed by atoms with van der Waals surface area (Å²) in [5, 5.41) is 9.38. The molecule has 1 saturated heterocycles. The maximum absolute atomic E-state index is 11.7. The Labute approximate surface area is 181 Å². The molecule has 0 aliphatic carbocycles. The number of benzene rings is 1. The van der Waals surface area contributed by atoms with E-state index >= 15 is 0 Å². The molecule has 0 saturated carbocycles. The van der Waals surface area contributed by atoms with Gasteiger partial charge in [0.05, 0.1) is 0 Å². The van der Waals surface area contributed by atoms with Gasteiger partial charge < -0.3 is 20.7 Å². The van der Waals surface area contributed by atoms with Crippen molar-refractivity contribution in [2.75, 3.05) is 39.8 Å². The zero-order valence-corrected chi connectivity index (χ0v) is 19.3. The second kappa shape index (κ2) is 11.8. The van der Waals surface area contributed by atoms with E-state index in [9.17, 15) is 4.79 Å². The number of ether oxygens (including phenoxy) is 1. The number of aliphatic imine (C=N–C) groups is 1. The molecule has 1 amide bonds. The minimum Gasteiger partial charge on any atom is -0.444 e. The smallest absolute Gasteiger partial charge is 0.407 e. The van der Waals surface area contributed by atoms with E-state index in [0.717, 1.165) is 32.1 Å². The first kappa shape index (κ1) is 24.0. The molecule has 1 aromatic rings. The number of alkyl carbamates (subject to hydrolysis) is 1. The van der Waals surface area contributed by atoms with Crippen LogP contribution in [0.2, 0.25) is 0 Å². The molecule has 0 radical (unpaired) electrons. The number of carbonyl (C=O) groups is 1. The highest BCUT2D eigenvalue weighted by atomic mass is 16.6. The van der Waals surface area contributed by atoms with Crippen molar-refractivity contribution in [2.24, 2.45) is 10.9 Å². The average molecular weight is 418 g/mol. The topological polar surface area (TPSA) is 78.0 Å². The summed E-state index contributed by atoms with van der Waals surface area (Å²) in [4.78, 5) is 18.5. The van der Waals surface area contributed by atoms with Gasteiger partial charge in [-0.05, 0) is 65.1 Å². The molecule has 0 bridgehead atoms. The van der Waals surface area contributed by atoms with E-state index in [2.05, 4.69) is 57.0 Å². The Balaban J connectivity index is 1.59. The van der Waals surface area contributed by atoms with Crippen molar-refractivity contribution in [1.29, 1.82) is 0 Å². The Morgan fingerprint density at radius 1 is 1.10 bits per heavy atom. The molecule has 1 fully saturated rings. The molecular formula is C23H39N5O2. The molecule has 2 rings (SSSR count). The summed E-state index contributed by atoms with van der Waals surface area (Å²) in [6.45, 7) is 13.0. The van der Waals surface area contributed by atoms with Crippen molar-refractivity contribution in [3.63, 3.8) is 0 Å². The highest BCUT2D eigenvalue weighted by Crippen LogP contribution is 2.18. The predicted molar refractivity (Wildman–Crippen MR) is 123 cm³/mol. The number of aryl methyl sites for hydroxylation is 1. The van der Waals surface area contributed by atoms with E-state index < -0.39 is 11.7 Å². The molecule has 30 heavy (non-hydrogen) atoms. The van der Waals surface area contributed by atoms with Gasteiger partial charge in [-0.3, -0.25) is 9.89 Å². The SMILES string of the molecule is CN=C(NCCNC(=O)OC(C)(C)C)NCC1CCN(Cc2ccc(C)cc2)CC1. The van der Waals surface area contributed by atoms with Crippen LogP contribution in [0.25, 0.3) is 0 Å². The summed E-state index contributed by atoms with van der Waals surface area (Å²) in [6.07, 6.45) is 1.98. The Hall–Kier alpha value is -2.28. The van der Waals surface area contributed by atoms with E-state index in [4.69, 9.17) is 4.74 Å². The molecule has 3 N–H and O–H groups in total. The maximum atomic E-state index is 11.7. The third-order valence-corrected chi connectivity index (χ3v) is 5.10. The fourth-order valence-corrected chi connectivity index (χ4v) is 3.42. The second-order valence-electron chi connectivity index (χ2n) is 9.01. The Bertz CT molecular complexity index is 674. The molecule has 168 valence electrons. The highest BCUT2D eigenvalue weighted by Gasteiger charge is 2.19. The third-order valence-electron chi connectivity index (χ3n) is 5.10. The molecule has 0 spiro atoms. The molecule has 7 nitrogen and oxygen atoms in total. The van der Waals surface area contributed by atoms with Gasteiger partial charge in [-0.25, -0.2) is 4.79 Å². The molecular weight excluding hydrogens is 378 g/mol. The van der Waals surface area contributed by atoms with Crippen LogP contribution in [0.5, 0.6) is 0 Å². The van der Waals surface area contributed by atoms with Gasteiger partial charge in [0.2, 0.25) is 0 Å². The number of nitrogens with zero attached hydrogens (tertiary/aromatic N) is 2. The number of likely N-dealkylation sites (tertiary alicyclic amines) is 1. The fraction of sp³-hybridized carbons (Fsp3) is 0.652. The standard InChI is InChI=1S/C23H39N5O2/c1-18-6-8-20(9-7-18)17-28-14-10-19(11-15-28)16-27-21(24-5)25-12-13-26-22(29)30-23(2,3)4/h6-9,19H,10-17H2,1-5H3,(H,26,29)(H2,24,25,27). The van der Waals surface area contributed by atoms with Gasteiger partial charge in [0, 0.05) is 33.2 Å². The van der Waals surface area contributed by atoms with Gasteiger partial charge in [0.1, 0.15) is 5.60 Å². The fourth-order valence-electron chi connectivity index (χ4n) is 3.42. The van der Waals surface area contributed by atoms with Gasteiger partial charge >= 0.3 is 6.09 Å². The van der Waals surface area contributed by atoms with Gasteiger partial charge in [-0.15, -0.1) is 0 Å². The van der Waals surface area contributed by atoms with Crippen molar-refractivity contribution in [3.8, 4) is 0 Å². The summed E-state index contributed by atoms with van der Waals surface area (Å²) in [5.74, 6) is 1.42. The Morgan fingerprint density at radius 2 is 1.73 bits per heavy atom. The minimum atomic E-state index is -0.481. The maximum Gasteiger partial charge on any atom is 0.407 e. The number of rotatable bonds is 7. The van der Waals surface area contributed by atoms with Crippen LogP contribution in [-0.4, -0.2) is 62.3 Å². The van der Waals surface area contributed by atoms with Crippen LogP contribution in [-0.2, 0) is 11.3 Å². The lowest BCUT2D eigenvalue weighted by Gasteiger charge is -2.32. The quantitative estimate of drug-likeness (QED) is 0.361. The van der Waals surface area contributed by atoms with Crippen LogP contribution in [0.15, 0.2) is 29.3 Å². The summed E-state index contributed by atoms with van der Waals surface area (Å²) >= 11 is 0. The van der Waals surface area contributed by atoms with E-state index in [1.807, 2.05) is 20.8 Å². The number of carbonyl (C=O) groups excluding carboxylic acids is 1. The Morgan fingerprint density at radius 3 is 2.33 bits per heavy atom. The van der Waals surface area contributed by atoms with E-state index in [-0.39, 0.29) is 0 Å². The molecule has 0 unspecified atom stereocenters. The van der Waals surface area contributed by atoms with Gasteiger partial charge in [0.25, 0.3) is 0 Å². The summed E-state index contributed by atoms with van der Waals surface area (Å²) in [7, 11) is 1.76. The first-order valence-electron chi connectivity index (χ1n) is 10.9. The minimum absolute atomic E-state index is 0.398. The number of nitrogens with one attached hydrogen (secondary N) is 3. The van der Waals surface area contributed by atoms with Crippen LogP contribution in [0.1, 0.15) is 44.7 Å². The van der Waals surface area contributed by atoms with E-state index in [1.165, 1.54) is 24.0 Å². The summed E-state index contributed by atoms with van der Waals surface area (Å²) in [5.41, 5.74) is 2.22. The first-order chi connectivity index (χ1) is 14.2. The zero-order valence-electron chi connectivity index (χ0n) is 19.3. The van der Waals surface area contributed by atoms with Gasteiger partial charge in [-0.2, -0.15) is 0 Å². The lowest BCUT2D eigenvalue weighted by Crippen LogP contribution is -2.45. The lowest BCUT2D eigenvalue weighted by molar-refractivity contribution is 0.0529. The lowest BCUT2D eigenvalue weighted by atomic mass is 9.96. The number of guanidine groups is 1. The first-order valence-corrected chi connectivity index (χ1v) is 10.9. The Kier molecular flexibility index (Phi) is 9.43. The van der Waals surface area contributed by atoms with Crippen molar-refractivity contribution in [2.45, 2.75) is 52.7 Å². The van der Waals surface area contributed by atoms with Crippen molar-refractivity contribution < 1.29 is 9.53 Å². The highest BCUT2D eigenvalue weighted by molar-refractivity contribution is 5.79. The molecule has 0 atom stereocenters. The van der Waals surface area contributed by atoms with Gasteiger partial charge in [-0.1, -0.05) is 29.8 Å². The third kappa shape index (κ3) is 9.48. The molecule has 1 aromatic carbocycles. The molecule has 1 aliphatic rings. The average Bonchev–Trinajstić information content (AvgIpc) is 2.69. The van der Waals surface area contributed by atoms with Crippen molar-refractivity contribution in [1.82, 2.24) is 20.9 Å². The van der Waals surface area contributed by atoms with Crippen LogP contribution in [0.3, 0.4) is 0 Å². The number of piperidine rings is 1. The number of hydrogen-bond acceptors (Lipinski definition) is 4. The summed E-state index contributed by atoms with van der Waals surface area (Å²) < 4.78 is 5.22. The van der Waals surface area contributed by atoms with Crippen LogP contribution >= 0.6 is 0 Å². The number of amides is 1. The van der Waals surface area contributed by atoms with Crippen LogP contribution in [0, 0.1) is 12.8 Å². The second-order valence-corrected chi connectivity index (χ2v) is 9.01. The van der Waals surface area contributed by atoms with Crippen molar-refractivity contribution in [3.05, 3.63) is 35.4 Å². The van der Waals surface area contributed by atoms with E-state index in [1.54, 1.807) is 7.05 Å². The normalized spacial score (nSPS) is 16.2. The van der Waals surface area contributed by atoms with Crippen LogP contribution < -0.4 is 16.0 Å². The molecule has 7 heteroatoms. The van der Waals surface area contributed by atoms with Crippen LogP contribution in [0.4, 0.5) is 4.79 Å².